The van der Waals surface area contributed by atoms with Crippen molar-refractivity contribution in [1.29, 1.82) is 0 Å². The Hall–Kier alpha value is -1.47. The molecule has 2 aromatic heterocycles. The molecule has 0 radical (unpaired) electrons. The number of nitrogens with two attached hydrogens (primary N) is 1. The van der Waals surface area contributed by atoms with Crippen molar-refractivity contribution in [2.24, 2.45) is 0 Å². The number of aryl methyl sites for hydroxylation is 1. The van der Waals surface area contributed by atoms with Gasteiger partial charge < -0.3 is 15.0 Å². The minimum Gasteiger partial charge on any atom is -0.389 e. The zero-order chi connectivity index (χ0) is 11.5. The molecule has 0 bridgehead atoms. The van der Waals surface area contributed by atoms with Crippen molar-refractivity contribution in [3.8, 4) is 11.4 Å². The highest BCUT2D eigenvalue weighted by Crippen LogP contribution is 2.30. The Morgan fingerprint density at radius 1 is 1.56 bits per heavy atom. The summed E-state index contributed by atoms with van der Waals surface area (Å²) in [5.74, 6) is 0.751. The van der Waals surface area contributed by atoms with Crippen LogP contribution in [-0.2, 0) is 11.3 Å². The van der Waals surface area contributed by atoms with Crippen molar-refractivity contribution in [3.63, 3.8) is 0 Å². The second-order valence-corrected chi connectivity index (χ2v) is 4.15. The Kier molecular flexibility index (Phi) is 3.16. The maximum atomic E-state index is 5.87. The Morgan fingerprint density at radius 3 is 3.00 bits per heavy atom. The van der Waals surface area contributed by atoms with Gasteiger partial charge in [-0.15, -0.1) is 10.2 Å². The van der Waals surface area contributed by atoms with Crippen LogP contribution < -0.4 is 5.73 Å². The minimum atomic E-state index is 0.613. The maximum absolute atomic E-state index is 5.87. The summed E-state index contributed by atoms with van der Waals surface area (Å²) >= 11 is 1.28. The first-order valence-electron chi connectivity index (χ1n) is 4.83. The van der Waals surface area contributed by atoms with Crippen LogP contribution in [0.3, 0.4) is 0 Å². The third kappa shape index (κ3) is 1.91. The molecule has 0 atom stereocenters. The molecule has 0 aromatic carbocycles. The summed E-state index contributed by atoms with van der Waals surface area (Å²) in [6, 6.07) is 0. The highest BCUT2D eigenvalue weighted by molar-refractivity contribution is 7.10. The topological polar surface area (TPSA) is 78.8 Å². The standard InChI is InChI=1S/C9H13N5OS/c1-6-7(8(10)16-13-6)9-12-11-5-14(9)3-4-15-2/h5H,3-4,10H2,1-2H3. The van der Waals surface area contributed by atoms with E-state index in [9.17, 15) is 0 Å². The fourth-order valence-corrected chi connectivity index (χ4v) is 2.12. The molecule has 0 saturated heterocycles. The van der Waals surface area contributed by atoms with Crippen LogP contribution in [0.25, 0.3) is 11.4 Å². The average Bonchev–Trinajstić information content (AvgIpc) is 2.83. The van der Waals surface area contributed by atoms with Crippen LogP contribution in [0.1, 0.15) is 5.69 Å². The lowest BCUT2D eigenvalue weighted by atomic mass is 10.2. The van der Waals surface area contributed by atoms with E-state index in [1.165, 1.54) is 11.5 Å². The van der Waals surface area contributed by atoms with Gasteiger partial charge in [0.15, 0.2) is 5.82 Å². The van der Waals surface area contributed by atoms with Gasteiger partial charge in [-0.25, -0.2) is 0 Å². The van der Waals surface area contributed by atoms with E-state index in [4.69, 9.17) is 10.5 Å². The third-order valence-electron chi connectivity index (χ3n) is 2.26. The average molecular weight is 239 g/mol. The lowest BCUT2D eigenvalue weighted by Gasteiger charge is -2.05. The van der Waals surface area contributed by atoms with Gasteiger partial charge in [-0.3, -0.25) is 0 Å². The van der Waals surface area contributed by atoms with Gasteiger partial charge in [-0.05, 0) is 18.5 Å². The molecule has 7 heteroatoms. The van der Waals surface area contributed by atoms with Crippen LogP contribution in [0, 0.1) is 6.92 Å². The fraction of sp³-hybridized carbons (Fsp3) is 0.444. The number of anilines is 1. The predicted molar refractivity (Wildman–Crippen MR) is 62.2 cm³/mol. The van der Waals surface area contributed by atoms with Gasteiger partial charge in [0.1, 0.15) is 11.3 Å². The Morgan fingerprint density at radius 2 is 2.38 bits per heavy atom. The molecule has 0 fully saturated rings. The van der Waals surface area contributed by atoms with Crippen molar-refractivity contribution >= 4 is 16.5 Å². The first-order valence-corrected chi connectivity index (χ1v) is 5.60. The normalized spacial score (nSPS) is 10.9. The summed E-state index contributed by atoms with van der Waals surface area (Å²) in [6.07, 6.45) is 1.67. The van der Waals surface area contributed by atoms with Crippen LogP contribution in [-0.4, -0.2) is 32.9 Å². The first-order chi connectivity index (χ1) is 7.74. The lowest BCUT2D eigenvalue weighted by Crippen LogP contribution is -2.05. The molecule has 2 N–H and O–H groups in total. The van der Waals surface area contributed by atoms with E-state index in [2.05, 4.69) is 14.6 Å². The Labute approximate surface area is 97.2 Å². The number of nitrogens with zero attached hydrogens (tertiary/aromatic N) is 4. The van der Waals surface area contributed by atoms with Gasteiger partial charge in [-0.2, -0.15) is 4.37 Å². The molecule has 0 amide bonds. The molecule has 0 unspecified atom stereocenters. The molecule has 0 aliphatic carbocycles. The molecule has 0 aliphatic heterocycles. The van der Waals surface area contributed by atoms with Gasteiger partial charge >= 0.3 is 0 Å². The molecule has 0 aliphatic rings. The maximum Gasteiger partial charge on any atom is 0.168 e. The van der Waals surface area contributed by atoms with Crippen molar-refractivity contribution < 1.29 is 4.74 Å². The van der Waals surface area contributed by atoms with Crippen molar-refractivity contribution in [2.75, 3.05) is 19.5 Å². The van der Waals surface area contributed by atoms with Crippen molar-refractivity contribution in [3.05, 3.63) is 12.0 Å². The number of aromatic nitrogens is 4. The Balaban J connectivity index is 2.37. The van der Waals surface area contributed by atoms with E-state index in [1.807, 2.05) is 11.5 Å². The van der Waals surface area contributed by atoms with Gasteiger partial charge in [0.05, 0.1) is 17.9 Å². The summed E-state index contributed by atoms with van der Waals surface area (Å²) in [5, 5.41) is 8.64. The van der Waals surface area contributed by atoms with E-state index < -0.39 is 0 Å². The molecule has 86 valence electrons. The van der Waals surface area contributed by atoms with Crippen LogP contribution in [0.15, 0.2) is 6.33 Å². The number of nitrogen functional groups attached to an aromatic ring is 1. The quantitative estimate of drug-likeness (QED) is 0.859. The molecular formula is C9H13N5OS. The van der Waals surface area contributed by atoms with Crippen LogP contribution in [0.4, 0.5) is 5.00 Å². The van der Waals surface area contributed by atoms with E-state index >= 15 is 0 Å². The molecule has 2 rings (SSSR count). The van der Waals surface area contributed by atoms with Gasteiger partial charge in [0, 0.05) is 13.7 Å². The monoisotopic (exact) mass is 239 g/mol. The van der Waals surface area contributed by atoms with Gasteiger partial charge in [0.2, 0.25) is 0 Å². The highest BCUT2D eigenvalue weighted by Gasteiger charge is 2.16. The van der Waals surface area contributed by atoms with E-state index in [0.29, 0.717) is 18.2 Å². The lowest BCUT2D eigenvalue weighted by molar-refractivity contribution is 0.187. The molecule has 0 spiro atoms. The summed E-state index contributed by atoms with van der Waals surface area (Å²) in [6.45, 7) is 3.23. The molecule has 2 aromatic rings. The summed E-state index contributed by atoms with van der Waals surface area (Å²) in [4.78, 5) is 0. The largest absolute Gasteiger partial charge is 0.389 e. The summed E-state index contributed by atoms with van der Waals surface area (Å²) < 4.78 is 11.1. The predicted octanol–water partition coefficient (Wildman–Crippen LogP) is 0.939. The van der Waals surface area contributed by atoms with E-state index in [-0.39, 0.29) is 0 Å². The van der Waals surface area contributed by atoms with Gasteiger partial charge in [-0.1, -0.05) is 0 Å². The fourth-order valence-electron chi connectivity index (χ4n) is 1.46. The highest BCUT2D eigenvalue weighted by atomic mass is 32.1. The third-order valence-corrected chi connectivity index (χ3v) is 3.03. The molecule has 2 heterocycles. The second kappa shape index (κ2) is 4.58. The summed E-state index contributed by atoms with van der Waals surface area (Å²) in [7, 11) is 1.66. The number of hydrogen-bond acceptors (Lipinski definition) is 6. The number of methoxy groups -OCH3 is 1. The van der Waals surface area contributed by atoms with E-state index in [0.717, 1.165) is 17.1 Å². The van der Waals surface area contributed by atoms with Crippen LogP contribution in [0.5, 0.6) is 0 Å². The SMILES string of the molecule is COCCn1cnnc1-c1c(C)nsc1N. The first kappa shape index (κ1) is 11.0. The van der Waals surface area contributed by atoms with Crippen molar-refractivity contribution in [2.45, 2.75) is 13.5 Å². The van der Waals surface area contributed by atoms with Crippen LogP contribution >= 0.6 is 11.5 Å². The minimum absolute atomic E-state index is 0.613. The zero-order valence-corrected chi connectivity index (χ0v) is 9.99. The zero-order valence-electron chi connectivity index (χ0n) is 9.17. The molecular weight excluding hydrogens is 226 g/mol. The molecule has 0 saturated carbocycles. The van der Waals surface area contributed by atoms with Crippen LogP contribution in [0.2, 0.25) is 0 Å². The molecule has 6 nitrogen and oxygen atoms in total. The van der Waals surface area contributed by atoms with Gasteiger partial charge in [0.25, 0.3) is 0 Å². The Bertz CT molecular complexity index is 458. The summed E-state index contributed by atoms with van der Waals surface area (Å²) in [5.41, 5.74) is 7.63. The number of rotatable bonds is 4. The van der Waals surface area contributed by atoms with E-state index in [1.54, 1.807) is 13.4 Å². The second-order valence-electron chi connectivity index (χ2n) is 3.35. The smallest absolute Gasteiger partial charge is 0.168 e. The number of hydrogen-bond donors (Lipinski definition) is 1. The van der Waals surface area contributed by atoms with Crippen molar-refractivity contribution in [1.82, 2.24) is 19.1 Å². The number of ether oxygens (including phenoxy) is 1. The molecule has 16 heavy (non-hydrogen) atoms.